The van der Waals surface area contributed by atoms with E-state index in [4.69, 9.17) is 11.6 Å². The van der Waals surface area contributed by atoms with Gasteiger partial charge in [0.2, 0.25) is 0 Å². The Morgan fingerprint density at radius 2 is 2.12 bits per heavy atom. The van der Waals surface area contributed by atoms with Crippen molar-refractivity contribution < 1.29 is 10.0 Å². The van der Waals surface area contributed by atoms with Gasteiger partial charge in [-0.3, -0.25) is 10.1 Å². The van der Waals surface area contributed by atoms with Gasteiger partial charge >= 0.3 is 0 Å². The van der Waals surface area contributed by atoms with Crippen molar-refractivity contribution in [1.82, 2.24) is 5.01 Å². The molecule has 0 saturated carbocycles. The fraction of sp³-hybridized carbons (Fsp3) is 0.222. The number of hydrazone groups is 1. The number of hydrogen-bond donors (Lipinski definition) is 0. The molecule has 6 nitrogen and oxygen atoms in total. The molecule has 0 atom stereocenters. The average molecular weight is 243 g/mol. The van der Waals surface area contributed by atoms with Crippen LogP contribution in [0.25, 0.3) is 0 Å². The van der Waals surface area contributed by atoms with E-state index >= 15 is 0 Å². The summed E-state index contributed by atoms with van der Waals surface area (Å²) in [6.45, 7) is 0. The van der Waals surface area contributed by atoms with Gasteiger partial charge < -0.3 is 10.1 Å². The number of hydrogen-bond acceptors (Lipinski definition) is 5. The second-order valence-electron chi connectivity index (χ2n) is 3.19. The Hall–Kier alpha value is -1.82. The Morgan fingerprint density at radius 3 is 2.62 bits per heavy atom. The van der Waals surface area contributed by atoms with Crippen LogP contribution < -0.4 is 5.11 Å². The zero-order valence-electron chi connectivity index (χ0n) is 8.68. The van der Waals surface area contributed by atoms with Crippen molar-refractivity contribution in [2.75, 3.05) is 14.1 Å². The Kier molecular flexibility index (Phi) is 3.68. The van der Waals surface area contributed by atoms with Crippen LogP contribution in [0, 0.1) is 10.1 Å². The van der Waals surface area contributed by atoms with E-state index < -0.39 is 16.4 Å². The molecule has 0 fully saturated rings. The van der Waals surface area contributed by atoms with Gasteiger partial charge in [-0.25, -0.2) is 0 Å². The highest BCUT2D eigenvalue weighted by atomic mass is 35.5. The first-order valence-corrected chi connectivity index (χ1v) is 4.66. The molecule has 0 spiro atoms. The standard InChI is InChI=1S/C9H10ClN3O3/c1-12(2)11-5-6-3-7(10)4-8(9(6)14)13(15)16/h3-5,14H,1-2H3/p-1/b11-5-. The summed E-state index contributed by atoms with van der Waals surface area (Å²) < 4.78 is 0. The zero-order chi connectivity index (χ0) is 12.3. The molecule has 0 saturated heterocycles. The minimum absolute atomic E-state index is 0.0906. The van der Waals surface area contributed by atoms with E-state index in [1.807, 2.05) is 0 Å². The van der Waals surface area contributed by atoms with E-state index in [1.165, 1.54) is 17.3 Å². The summed E-state index contributed by atoms with van der Waals surface area (Å²) in [4.78, 5) is 9.79. The lowest BCUT2D eigenvalue weighted by Crippen LogP contribution is -2.05. The van der Waals surface area contributed by atoms with Crippen molar-refractivity contribution in [1.29, 1.82) is 0 Å². The van der Waals surface area contributed by atoms with E-state index in [2.05, 4.69) is 5.10 Å². The second kappa shape index (κ2) is 4.80. The van der Waals surface area contributed by atoms with Crippen molar-refractivity contribution in [2.24, 2.45) is 5.10 Å². The van der Waals surface area contributed by atoms with Gasteiger partial charge in [-0.1, -0.05) is 11.6 Å². The first-order chi connectivity index (χ1) is 7.41. The minimum Gasteiger partial charge on any atom is -0.867 e. The van der Waals surface area contributed by atoms with Gasteiger partial charge in [0.05, 0.1) is 11.1 Å². The van der Waals surface area contributed by atoms with Crippen LogP contribution in [0.15, 0.2) is 17.2 Å². The van der Waals surface area contributed by atoms with Gasteiger partial charge in [0.15, 0.2) is 0 Å². The lowest BCUT2D eigenvalue weighted by molar-refractivity contribution is -0.398. The third-order valence-corrected chi connectivity index (χ3v) is 1.91. The summed E-state index contributed by atoms with van der Waals surface area (Å²) in [5.74, 6) is -0.694. The highest BCUT2D eigenvalue weighted by molar-refractivity contribution is 6.31. The quantitative estimate of drug-likeness (QED) is 0.453. The monoisotopic (exact) mass is 242 g/mol. The maximum Gasteiger partial charge on any atom is 0.263 e. The maximum atomic E-state index is 11.6. The predicted octanol–water partition coefficient (Wildman–Crippen LogP) is 1.22. The van der Waals surface area contributed by atoms with Crippen LogP contribution in [-0.2, 0) is 0 Å². The number of halogens is 1. The molecule has 7 heteroatoms. The van der Waals surface area contributed by atoms with Crippen LogP contribution in [0.5, 0.6) is 5.75 Å². The molecule has 0 aliphatic heterocycles. The molecule has 16 heavy (non-hydrogen) atoms. The first kappa shape index (κ1) is 12.3. The van der Waals surface area contributed by atoms with Crippen LogP contribution in [0.2, 0.25) is 5.02 Å². The normalized spacial score (nSPS) is 10.7. The Morgan fingerprint density at radius 1 is 1.50 bits per heavy atom. The molecule has 0 bridgehead atoms. The van der Waals surface area contributed by atoms with Crippen molar-refractivity contribution in [3.05, 3.63) is 32.8 Å². The van der Waals surface area contributed by atoms with E-state index in [-0.39, 0.29) is 10.6 Å². The third-order valence-electron chi connectivity index (χ3n) is 1.69. The summed E-state index contributed by atoms with van der Waals surface area (Å²) in [6.07, 6.45) is 1.24. The Balaban J connectivity index is 3.24. The highest BCUT2D eigenvalue weighted by Gasteiger charge is 2.11. The summed E-state index contributed by atoms with van der Waals surface area (Å²) in [7, 11) is 3.33. The smallest absolute Gasteiger partial charge is 0.263 e. The average Bonchev–Trinajstić information content (AvgIpc) is 2.18. The number of nitro groups is 1. The van der Waals surface area contributed by atoms with Crippen LogP contribution in [0.4, 0.5) is 5.69 Å². The molecular weight excluding hydrogens is 234 g/mol. The summed E-state index contributed by atoms with van der Waals surface area (Å²) >= 11 is 5.66. The molecule has 0 heterocycles. The molecule has 1 aromatic carbocycles. The van der Waals surface area contributed by atoms with Crippen molar-refractivity contribution in [3.8, 4) is 5.75 Å². The van der Waals surface area contributed by atoms with Gasteiger partial charge in [-0.2, -0.15) is 5.10 Å². The third kappa shape index (κ3) is 2.83. The van der Waals surface area contributed by atoms with Crippen molar-refractivity contribution >= 4 is 23.5 Å². The Bertz CT molecular complexity index is 446. The van der Waals surface area contributed by atoms with E-state index in [0.717, 1.165) is 6.07 Å². The molecule has 0 unspecified atom stereocenters. The lowest BCUT2D eigenvalue weighted by atomic mass is 10.2. The van der Waals surface area contributed by atoms with Gasteiger partial charge in [0, 0.05) is 25.2 Å². The second-order valence-corrected chi connectivity index (χ2v) is 3.63. The molecule has 0 amide bonds. The van der Waals surface area contributed by atoms with Crippen molar-refractivity contribution in [2.45, 2.75) is 0 Å². The number of rotatable bonds is 3. The summed E-state index contributed by atoms with van der Waals surface area (Å²) in [5, 5.41) is 27.5. The van der Waals surface area contributed by atoms with Crippen LogP contribution >= 0.6 is 11.6 Å². The van der Waals surface area contributed by atoms with Gasteiger partial charge in [0.25, 0.3) is 5.69 Å². The van der Waals surface area contributed by atoms with Gasteiger partial charge in [0.1, 0.15) is 0 Å². The Labute approximate surface area is 96.9 Å². The maximum absolute atomic E-state index is 11.6. The van der Waals surface area contributed by atoms with E-state index in [0.29, 0.717) is 0 Å². The zero-order valence-corrected chi connectivity index (χ0v) is 9.43. The molecule has 0 radical (unpaired) electrons. The van der Waals surface area contributed by atoms with Crippen molar-refractivity contribution in [3.63, 3.8) is 0 Å². The predicted molar refractivity (Wildman–Crippen MR) is 58.8 cm³/mol. The lowest BCUT2D eigenvalue weighted by Gasteiger charge is -2.11. The molecule has 1 aromatic rings. The topological polar surface area (TPSA) is 81.8 Å². The van der Waals surface area contributed by atoms with E-state index in [1.54, 1.807) is 14.1 Å². The first-order valence-electron chi connectivity index (χ1n) is 4.28. The molecule has 1 rings (SSSR count). The summed E-state index contributed by atoms with van der Waals surface area (Å²) in [5.41, 5.74) is -0.458. The summed E-state index contributed by atoms with van der Waals surface area (Å²) in [6, 6.07) is 2.36. The van der Waals surface area contributed by atoms with Gasteiger partial charge in [-0.15, -0.1) is 0 Å². The SMILES string of the molecule is CN(C)/N=C\c1cc(Cl)cc([N+](=O)[O-])c1[O-]. The van der Waals surface area contributed by atoms with Crippen LogP contribution in [0.1, 0.15) is 5.56 Å². The number of nitrogens with zero attached hydrogens (tertiary/aromatic N) is 3. The van der Waals surface area contributed by atoms with Gasteiger partial charge in [-0.05, 0) is 17.4 Å². The van der Waals surface area contributed by atoms with Crippen LogP contribution in [-0.4, -0.2) is 30.2 Å². The highest BCUT2D eigenvalue weighted by Crippen LogP contribution is 2.29. The minimum atomic E-state index is -0.763. The molecule has 0 aliphatic carbocycles. The molecule has 86 valence electrons. The molecule has 0 aromatic heterocycles. The molecular formula is C9H9ClN3O3-. The van der Waals surface area contributed by atoms with E-state index in [9.17, 15) is 15.2 Å². The number of benzene rings is 1. The molecule has 0 aliphatic rings. The molecule has 0 N–H and O–H groups in total. The van der Waals surface area contributed by atoms with Crippen LogP contribution in [0.3, 0.4) is 0 Å². The fourth-order valence-electron chi connectivity index (χ4n) is 1.01. The fourth-order valence-corrected chi connectivity index (χ4v) is 1.23. The largest absolute Gasteiger partial charge is 0.867 e. The number of nitro benzene ring substituents is 1.